The van der Waals surface area contributed by atoms with E-state index in [1.165, 1.54) is 11.1 Å². The summed E-state index contributed by atoms with van der Waals surface area (Å²) in [7, 11) is 0. The number of nitrogens with one attached hydrogen (secondary N) is 1. The first kappa shape index (κ1) is 13.7. The average molecular weight is 259 g/mol. The van der Waals surface area contributed by atoms with Crippen LogP contribution < -0.4 is 5.32 Å². The maximum Gasteiger partial charge on any atom is 0.173 e. The first-order chi connectivity index (χ1) is 9.19. The third-order valence-electron chi connectivity index (χ3n) is 3.31. The number of aryl methyl sites for hydroxylation is 2. The second kappa shape index (κ2) is 5.93. The first-order valence-corrected chi connectivity index (χ1v) is 6.79. The molecular weight excluding hydrogens is 238 g/mol. The second-order valence-electron chi connectivity index (χ2n) is 4.66. The van der Waals surface area contributed by atoms with Crippen molar-refractivity contribution in [2.45, 2.75) is 40.2 Å². The first-order valence-electron chi connectivity index (χ1n) is 6.79. The number of hydrogen-bond acceptors (Lipinski definition) is 4. The topological polar surface area (TPSA) is 55.6 Å². The van der Waals surface area contributed by atoms with Gasteiger partial charge in [-0.25, -0.2) is 0 Å². The minimum absolute atomic E-state index is 0.129. The molecule has 0 aliphatic carbocycles. The fourth-order valence-corrected chi connectivity index (χ4v) is 2.33. The number of para-hydroxylation sites is 1. The van der Waals surface area contributed by atoms with Gasteiger partial charge in [0.1, 0.15) is 0 Å². The summed E-state index contributed by atoms with van der Waals surface area (Å²) >= 11 is 0. The van der Waals surface area contributed by atoms with Gasteiger partial charge in [-0.2, -0.15) is 4.68 Å². The van der Waals surface area contributed by atoms with E-state index >= 15 is 0 Å². The van der Waals surface area contributed by atoms with Gasteiger partial charge in [-0.3, -0.25) is 0 Å². The van der Waals surface area contributed by atoms with E-state index in [2.05, 4.69) is 66.7 Å². The van der Waals surface area contributed by atoms with Crippen LogP contribution in [0.3, 0.4) is 0 Å². The lowest BCUT2D eigenvalue weighted by Crippen LogP contribution is -2.22. The van der Waals surface area contributed by atoms with Crippen molar-refractivity contribution in [1.82, 2.24) is 25.5 Å². The standard InChI is InChI=1S/C14H21N5/c1-5-12-9-7-8-10(3)13(12)19-14(16-17-18-19)11(4)15-6-2/h7-9,11,15H,5-6H2,1-4H3. The molecule has 5 heteroatoms. The summed E-state index contributed by atoms with van der Waals surface area (Å²) < 4.78 is 1.86. The highest BCUT2D eigenvalue weighted by Gasteiger charge is 2.17. The predicted molar refractivity (Wildman–Crippen MR) is 75.4 cm³/mol. The van der Waals surface area contributed by atoms with E-state index in [0.29, 0.717) is 0 Å². The molecule has 0 saturated heterocycles. The molecule has 0 spiro atoms. The van der Waals surface area contributed by atoms with Gasteiger partial charge in [0.25, 0.3) is 0 Å². The summed E-state index contributed by atoms with van der Waals surface area (Å²) in [5.74, 6) is 0.853. The number of tetrazole rings is 1. The van der Waals surface area contributed by atoms with Crippen LogP contribution in [-0.2, 0) is 6.42 Å². The molecule has 0 saturated carbocycles. The molecule has 0 aliphatic heterocycles. The maximum atomic E-state index is 4.17. The Kier molecular flexibility index (Phi) is 4.27. The highest BCUT2D eigenvalue weighted by Crippen LogP contribution is 2.22. The second-order valence-corrected chi connectivity index (χ2v) is 4.66. The van der Waals surface area contributed by atoms with E-state index in [-0.39, 0.29) is 6.04 Å². The van der Waals surface area contributed by atoms with E-state index < -0.39 is 0 Å². The molecule has 1 N–H and O–H groups in total. The van der Waals surface area contributed by atoms with Gasteiger partial charge < -0.3 is 5.32 Å². The molecule has 2 aromatic rings. The van der Waals surface area contributed by atoms with Crippen LogP contribution in [0.4, 0.5) is 0 Å². The molecule has 0 bridgehead atoms. The zero-order valence-corrected chi connectivity index (χ0v) is 12.0. The Labute approximate surface area is 114 Å². The van der Waals surface area contributed by atoms with E-state index in [0.717, 1.165) is 24.5 Å². The lowest BCUT2D eigenvalue weighted by atomic mass is 10.1. The molecule has 2 rings (SSSR count). The Morgan fingerprint density at radius 3 is 2.79 bits per heavy atom. The lowest BCUT2D eigenvalue weighted by molar-refractivity contribution is 0.549. The third kappa shape index (κ3) is 2.66. The molecule has 1 atom stereocenters. The number of nitrogens with zero attached hydrogens (tertiary/aromatic N) is 4. The maximum absolute atomic E-state index is 4.17. The van der Waals surface area contributed by atoms with Crippen molar-refractivity contribution in [1.29, 1.82) is 0 Å². The molecule has 19 heavy (non-hydrogen) atoms. The Hall–Kier alpha value is -1.75. The van der Waals surface area contributed by atoms with Crippen LogP contribution in [0.5, 0.6) is 0 Å². The minimum Gasteiger partial charge on any atom is -0.308 e. The van der Waals surface area contributed by atoms with Gasteiger partial charge in [0.2, 0.25) is 0 Å². The Bertz CT molecular complexity index is 547. The van der Waals surface area contributed by atoms with Gasteiger partial charge in [0, 0.05) is 0 Å². The largest absolute Gasteiger partial charge is 0.308 e. The molecule has 1 aromatic heterocycles. The molecular formula is C14H21N5. The summed E-state index contributed by atoms with van der Waals surface area (Å²) in [5.41, 5.74) is 3.56. The fraction of sp³-hybridized carbons (Fsp3) is 0.500. The van der Waals surface area contributed by atoms with E-state index in [1.54, 1.807) is 0 Å². The Morgan fingerprint density at radius 2 is 2.11 bits per heavy atom. The normalized spacial score (nSPS) is 12.6. The van der Waals surface area contributed by atoms with Crippen LogP contribution in [0, 0.1) is 6.92 Å². The number of aromatic nitrogens is 4. The van der Waals surface area contributed by atoms with Crippen molar-refractivity contribution in [3.8, 4) is 5.69 Å². The van der Waals surface area contributed by atoms with E-state index in [4.69, 9.17) is 0 Å². The summed E-state index contributed by atoms with van der Waals surface area (Å²) in [4.78, 5) is 0. The minimum atomic E-state index is 0.129. The average Bonchev–Trinajstić information content (AvgIpc) is 2.87. The van der Waals surface area contributed by atoms with Crippen molar-refractivity contribution in [2.24, 2.45) is 0 Å². The zero-order chi connectivity index (χ0) is 13.8. The van der Waals surface area contributed by atoms with Gasteiger partial charge in [0.05, 0.1) is 11.7 Å². The number of hydrogen-bond donors (Lipinski definition) is 1. The van der Waals surface area contributed by atoms with Gasteiger partial charge >= 0.3 is 0 Å². The molecule has 0 fully saturated rings. The quantitative estimate of drug-likeness (QED) is 0.894. The number of benzene rings is 1. The highest BCUT2D eigenvalue weighted by atomic mass is 15.5. The van der Waals surface area contributed by atoms with Crippen LogP contribution in [0.1, 0.15) is 43.8 Å². The molecule has 1 unspecified atom stereocenters. The van der Waals surface area contributed by atoms with Crippen LogP contribution in [0.15, 0.2) is 18.2 Å². The van der Waals surface area contributed by atoms with Crippen LogP contribution in [-0.4, -0.2) is 26.8 Å². The van der Waals surface area contributed by atoms with Crippen LogP contribution >= 0.6 is 0 Å². The van der Waals surface area contributed by atoms with Gasteiger partial charge in [-0.05, 0) is 48.4 Å². The molecule has 1 aromatic carbocycles. The molecule has 1 heterocycles. The highest BCUT2D eigenvalue weighted by molar-refractivity contribution is 5.47. The molecule has 5 nitrogen and oxygen atoms in total. The predicted octanol–water partition coefficient (Wildman–Crippen LogP) is 2.20. The van der Waals surface area contributed by atoms with E-state index in [9.17, 15) is 0 Å². The van der Waals surface area contributed by atoms with Crippen molar-refractivity contribution >= 4 is 0 Å². The van der Waals surface area contributed by atoms with Crippen molar-refractivity contribution in [3.05, 3.63) is 35.2 Å². The molecule has 102 valence electrons. The molecule has 0 radical (unpaired) electrons. The summed E-state index contributed by atoms with van der Waals surface area (Å²) in [6.45, 7) is 9.29. The van der Waals surface area contributed by atoms with Gasteiger partial charge in [-0.1, -0.05) is 32.0 Å². The SMILES string of the molecule is CCNC(C)c1nnnn1-c1c(C)cccc1CC. The Morgan fingerprint density at radius 1 is 1.32 bits per heavy atom. The van der Waals surface area contributed by atoms with Gasteiger partial charge in [0.15, 0.2) is 5.82 Å². The fourth-order valence-electron chi connectivity index (χ4n) is 2.33. The zero-order valence-electron chi connectivity index (χ0n) is 12.0. The lowest BCUT2D eigenvalue weighted by Gasteiger charge is -2.16. The summed E-state index contributed by atoms with van der Waals surface area (Å²) in [6.07, 6.45) is 0.964. The van der Waals surface area contributed by atoms with Crippen molar-refractivity contribution < 1.29 is 0 Å². The Balaban J connectivity index is 2.51. The smallest absolute Gasteiger partial charge is 0.173 e. The summed E-state index contributed by atoms with van der Waals surface area (Å²) in [6, 6.07) is 6.43. The van der Waals surface area contributed by atoms with E-state index in [1.807, 2.05) is 4.68 Å². The van der Waals surface area contributed by atoms with Crippen LogP contribution in [0.2, 0.25) is 0 Å². The van der Waals surface area contributed by atoms with Gasteiger partial charge in [-0.15, -0.1) is 5.10 Å². The monoisotopic (exact) mass is 259 g/mol. The summed E-state index contributed by atoms with van der Waals surface area (Å²) in [5, 5.41) is 15.5. The third-order valence-corrected chi connectivity index (χ3v) is 3.31. The van der Waals surface area contributed by atoms with Crippen molar-refractivity contribution in [3.63, 3.8) is 0 Å². The molecule has 0 aliphatic rings. The number of rotatable bonds is 5. The van der Waals surface area contributed by atoms with Crippen LogP contribution in [0.25, 0.3) is 5.69 Å². The molecule has 0 amide bonds. The van der Waals surface area contributed by atoms with Crippen molar-refractivity contribution in [2.75, 3.05) is 6.54 Å².